The number of ether oxygens (including phenoxy) is 1. The molecule has 0 aromatic heterocycles. The number of fused-ring (bicyclic) bond motifs is 3. The van der Waals surface area contributed by atoms with Crippen LogP contribution in [-0.4, -0.2) is 41.8 Å². The SMILES string of the molecule is CC(C)C[C@@H](NC(=O)OCC1c2ccccc2-c2ccccc21)C(=O)NC(C)CCCC(=O)O. The Balaban J connectivity index is 1.59. The number of alkyl carbamates (subject to hydrolysis) is 1. The van der Waals surface area contributed by atoms with E-state index < -0.39 is 18.1 Å². The first-order valence-electron chi connectivity index (χ1n) is 11.9. The van der Waals surface area contributed by atoms with Crippen molar-refractivity contribution in [1.29, 1.82) is 0 Å². The lowest BCUT2D eigenvalue weighted by Crippen LogP contribution is -2.49. The second-order valence-electron chi connectivity index (χ2n) is 9.35. The zero-order valence-corrected chi connectivity index (χ0v) is 20.0. The molecule has 2 aromatic carbocycles. The Morgan fingerprint density at radius 1 is 0.941 bits per heavy atom. The smallest absolute Gasteiger partial charge is 0.407 e. The molecular weight excluding hydrogens is 432 g/mol. The molecule has 3 N–H and O–H groups in total. The quantitative estimate of drug-likeness (QED) is 0.445. The minimum absolute atomic E-state index is 0.0511. The van der Waals surface area contributed by atoms with Gasteiger partial charge in [0.15, 0.2) is 0 Å². The molecule has 0 radical (unpaired) electrons. The number of carboxylic acids is 1. The largest absolute Gasteiger partial charge is 0.481 e. The standard InChI is InChI=1S/C27H34N2O5/c1-17(2)15-24(26(32)28-18(3)9-8-14-25(30)31)29-27(33)34-16-23-21-12-6-4-10-19(21)20-11-5-7-13-22(20)23/h4-7,10-13,17-18,23-24H,8-9,14-16H2,1-3H3,(H,28,32)(H,29,33)(H,30,31)/t18?,24-/m1/s1. The van der Waals surface area contributed by atoms with Crippen molar-refractivity contribution < 1.29 is 24.2 Å². The lowest BCUT2D eigenvalue weighted by molar-refractivity contribution is -0.137. The highest BCUT2D eigenvalue weighted by Crippen LogP contribution is 2.44. The van der Waals surface area contributed by atoms with E-state index >= 15 is 0 Å². The predicted octanol–water partition coefficient (Wildman–Crippen LogP) is 4.70. The van der Waals surface area contributed by atoms with E-state index in [1.165, 1.54) is 0 Å². The van der Waals surface area contributed by atoms with Crippen molar-refractivity contribution in [2.24, 2.45) is 5.92 Å². The summed E-state index contributed by atoms with van der Waals surface area (Å²) in [5, 5.41) is 14.4. The van der Waals surface area contributed by atoms with Crippen molar-refractivity contribution >= 4 is 18.0 Å². The highest BCUT2D eigenvalue weighted by atomic mass is 16.5. The van der Waals surface area contributed by atoms with Crippen LogP contribution in [0.25, 0.3) is 11.1 Å². The van der Waals surface area contributed by atoms with Crippen molar-refractivity contribution in [1.82, 2.24) is 10.6 Å². The van der Waals surface area contributed by atoms with Crippen LogP contribution in [-0.2, 0) is 14.3 Å². The van der Waals surface area contributed by atoms with Crippen LogP contribution in [0.5, 0.6) is 0 Å². The van der Waals surface area contributed by atoms with Gasteiger partial charge in [-0.1, -0.05) is 62.4 Å². The molecule has 2 aromatic rings. The van der Waals surface area contributed by atoms with Gasteiger partial charge < -0.3 is 20.5 Å². The Bertz CT molecular complexity index is 974. The highest BCUT2D eigenvalue weighted by molar-refractivity contribution is 5.86. The fourth-order valence-corrected chi connectivity index (χ4v) is 4.46. The number of carbonyl (C=O) groups excluding carboxylic acids is 2. The summed E-state index contributed by atoms with van der Waals surface area (Å²) in [5.74, 6) is -1.00. The molecule has 2 atom stereocenters. The average molecular weight is 467 g/mol. The summed E-state index contributed by atoms with van der Waals surface area (Å²) in [6.45, 7) is 5.98. The zero-order valence-electron chi connectivity index (χ0n) is 20.0. The van der Waals surface area contributed by atoms with Gasteiger partial charge in [-0.25, -0.2) is 4.79 Å². The molecule has 0 fully saturated rings. The van der Waals surface area contributed by atoms with Gasteiger partial charge in [0.2, 0.25) is 5.91 Å². The fourth-order valence-electron chi connectivity index (χ4n) is 4.46. The van der Waals surface area contributed by atoms with Crippen LogP contribution in [0.15, 0.2) is 48.5 Å². The van der Waals surface area contributed by atoms with Crippen LogP contribution < -0.4 is 10.6 Å². The van der Waals surface area contributed by atoms with Gasteiger partial charge in [0.25, 0.3) is 0 Å². The predicted molar refractivity (Wildman–Crippen MR) is 131 cm³/mol. The van der Waals surface area contributed by atoms with Crippen molar-refractivity contribution in [2.75, 3.05) is 6.61 Å². The molecule has 0 saturated heterocycles. The molecule has 3 rings (SSSR count). The normalized spacial score (nSPS) is 14.1. The van der Waals surface area contributed by atoms with Crippen molar-refractivity contribution in [2.45, 2.75) is 64.5 Å². The van der Waals surface area contributed by atoms with Crippen molar-refractivity contribution in [3.8, 4) is 11.1 Å². The van der Waals surface area contributed by atoms with Crippen LogP contribution >= 0.6 is 0 Å². The maximum absolute atomic E-state index is 12.8. The number of hydrogen-bond acceptors (Lipinski definition) is 4. The van der Waals surface area contributed by atoms with Crippen molar-refractivity contribution in [3.63, 3.8) is 0 Å². The van der Waals surface area contributed by atoms with Gasteiger partial charge in [0, 0.05) is 18.4 Å². The Morgan fingerprint density at radius 3 is 2.09 bits per heavy atom. The van der Waals surface area contributed by atoms with E-state index in [1.807, 2.05) is 45.0 Å². The Morgan fingerprint density at radius 2 is 1.53 bits per heavy atom. The first-order valence-corrected chi connectivity index (χ1v) is 11.9. The maximum Gasteiger partial charge on any atom is 0.407 e. The number of carboxylic acid groups (broad SMARTS) is 1. The van der Waals surface area contributed by atoms with Gasteiger partial charge in [-0.05, 0) is 54.4 Å². The Kier molecular flexibility index (Phi) is 8.68. The number of benzene rings is 2. The second-order valence-corrected chi connectivity index (χ2v) is 9.35. The molecule has 7 heteroatoms. The molecule has 7 nitrogen and oxygen atoms in total. The van der Waals surface area contributed by atoms with Crippen LogP contribution in [0.4, 0.5) is 4.79 Å². The molecule has 0 heterocycles. The molecule has 2 amide bonds. The summed E-state index contributed by atoms with van der Waals surface area (Å²) in [4.78, 5) is 36.2. The monoisotopic (exact) mass is 466 g/mol. The van der Waals surface area contributed by atoms with Crippen LogP contribution in [0.1, 0.15) is 63.5 Å². The number of amides is 2. The first kappa shape index (κ1) is 25.3. The number of rotatable bonds is 11. The summed E-state index contributed by atoms with van der Waals surface area (Å²) in [6.07, 6.45) is 0.940. The maximum atomic E-state index is 12.8. The molecule has 0 aliphatic heterocycles. The van der Waals surface area contributed by atoms with Gasteiger partial charge in [-0.2, -0.15) is 0 Å². The molecule has 182 valence electrons. The lowest BCUT2D eigenvalue weighted by atomic mass is 9.98. The number of aliphatic carboxylic acids is 1. The number of hydrogen-bond donors (Lipinski definition) is 3. The summed E-state index contributed by atoms with van der Waals surface area (Å²) in [5.41, 5.74) is 4.56. The number of nitrogens with one attached hydrogen (secondary N) is 2. The van der Waals surface area contributed by atoms with E-state index in [0.717, 1.165) is 22.3 Å². The van der Waals surface area contributed by atoms with E-state index in [9.17, 15) is 14.4 Å². The molecule has 1 aliphatic carbocycles. The molecule has 0 bridgehead atoms. The summed E-state index contributed by atoms with van der Waals surface area (Å²) < 4.78 is 5.60. The Labute approximate surface area is 200 Å². The van der Waals surface area contributed by atoms with E-state index in [1.54, 1.807) is 0 Å². The molecule has 0 spiro atoms. The second kappa shape index (κ2) is 11.7. The Hall–Kier alpha value is -3.35. The van der Waals surface area contributed by atoms with Crippen LogP contribution in [0.3, 0.4) is 0 Å². The van der Waals surface area contributed by atoms with Gasteiger partial charge in [-0.3, -0.25) is 9.59 Å². The molecule has 1 aliphatic rings. The zero-order chi connectivity index (χ0) is 24.7. The van der Waals surface area contributed by atoms with Gasteiger partial charge in [0.05, 0.1) is 0 Å². The van der Waals surface area contributed by atoms with Gasteiger partial charge >= 0.3 is 12.1 Å². The fraction of sp³-hybridized carbons (Fsp3) is 0.444. The average Bonchev–Trinajstić information content (AvgIpc) is 3.10. The van der Waals surface area contributed by atoms with E-state index in [4.69, 9.17) is 9.84 Å². The van der Waals surface area contributed by atoms with Crippen LogP contribution in [0.2, 0.25) is 0 Å². The van der Waals surface area contributed by atoms with Crippen LogP contribution in [0, 0.1) is 5.92 Å². The third kappa shape index (κ3) is 6.59. The van der Waals surface area contributed by atoms with Crippen molar-refractivity contribution in [3.05, 3.63) is 59.7 Å². The van der Waals surface area contributed by atoms with E-state index in [-0.39, 0.29) is 36.8 Å². The summed E-state index contributed by atoms with van der Waals surface area (Å²) in [6, 6.07) is 15.3. The number of carbonyl (C=O) groups is 3. The molecule has 34 heavy (non-hydrogen) atoms. The third-order valence-corrected chi connectivity index (χ3v) is 6.08. The molecule has 1 unspecified atom stereocenters. The topological polar surface area (TPSA) is 105 Å². The van der Waals surface area contributed by atoms with E-state index in [0.29, 0.717) is 19.3 Å². The minimum Gasteiger partial charge on any atom is -0.481 e. The lowest BCUT2D eigenvalue weighted by Gasteiger charge is -2.23. The summed E-state index contributed by atoms with van der Waals surface area (Å²) >= 11 is 0. The highest BCUT2D eigenvalue weighted by Gasteiger charge is 2.30. The first-order chi connectivity index (χ1) is 16.3. The third-order valence-electron chi connectivity index (χ3n) is 6.08. The molecule has 0 saturated carbocycles. The van der Waals surface area contributed by atoms with Gasteiger partial charge in [-0.15, -0.1) is 0 Å². The van der Waals surface area contributed by atoms with Gasteiger partial charge in [0.1, 0.15) is 12.6 Å². The van der Waals surface area contributed by atoms with E-state index in [2.05, 4.69) is 34.9 Å². The summed E-state index contributed by atoms with van der Waals surface area (Å²) in [7, 11) is 0. The molecular formula is C27H34N2O5. The minimum atomic E-state index is -0.854.